The molecule has 0 aliphatic carbocycles. The lowest BCUT2D eigenvalue weighted by atomic mass is 10.2. The summed E-state index contributed by atoms with van der Waals surface area (Å²) in [5.74, 6) is 0.375. The molecule has 0 spiro atoms. The number of aromatic nitrogens is 1. The molecule has 2 N–H and O–H groups in total. The van der Waals surface area contributed by atoms with E-state index in [2.05, 4.69) is 9.72 Å². The standard InChI is InChI=1S/C14H13F3N2O2/c1-9-6-10(8-18)7-13(19-9)20-11-2-4-12(5-3-11)21-14(15,16)17/h2-7H,8,18H2,1H3. The summed E-state index contributed by atoms with van der Waals surface area (Å²) >= 11 is 0. The molecule has 4 nitrogen and oxygen atoms in total. The second kappa shape index (κ2) is 6.01. The SMILES string of the molecule is Cc1cc(CN)cc(Oc2ccc(OC(F)(F)F)cc2)n1. The Morgan fingerprint density at radius 3 is 2.29 bits per heavy atom. The zero-order valence-electron chi connectivity index (χ0n) is 11.1. The minimum Gasteiger partial charge on any atom is -0.439 e. The molecule has 0 aliphatic rings. The number of alkyl halides is 3. The number of pyridine rings is 1. The van der Waals surface area contributed by atoms with E-state index in [4.69, 9.17) is 10.5 Å². The molecule has 0 radical (unpaired) electrons. The maximum absolute atomic E-state index is 12.0. The minimum absolute atomic E-state index is 0.310. The first-order chi connectivity index (χ1) is 9.85. The average molecular weight is 298 g/mol. The lowest BCUT2D eigenvalue weighted by Crippen LogP contribution is -2.16. The van der Waals surface area contributed by atoms with Crippen molar-refractivity contribution in [3.05, 3.63) is 47.7 Å². The number of halogens is 3. The third kappa shape index (κ3) is 4.64. The van der Waals surface area contributed by atoms with Crippen molar-refractivity contribution in [3.63, 3.8) is 0 Å². The molecule has 0 saturated carbocycles. The molecule has 2 aromatic rings. The highest BCUT2D eigenvalue weighted by Crippen LogP contribution is 2.27. The lowest BCUT2D eigenvalue weighted by Gasteiger charge is -2.10. The maximum Gasteiger partial charge on any atom is 0.573 e. The molecular weight excluding hydrogens is 285 g/mol. The molecule has 1 aromatic carbocycles. The highest BCUT2D eigenvalue weighted by molar-refractivity contribution is 5.35. The molecule has 1 aromatic heterocycles. The molecule has 112 valence electrons. The van der Waals surface area contributed by atoms with Gasteiger partial charge in [-0.3, -0.25) is 0 Å². The van der Waals surface area contributed by atoms with Crippen LogP contribution in [0.3, 0.4) is 0 Å². The van der Waals surface area contributed by atoms with E-state index < -0.39 is 6.36 Å². The van der Waals surface area contributed by atoms with E-state index in [0.717, 1.165) is 11.3 Å². The Morgan fingerprint density at radius 1 is 1.10 bits per heavy atom. The predicted molar refractivity (Wildman–Crippen MR) is 70.1 cm³/mol. The van der Waals surface area contributed by atoms with Gasteiger partial charge in [0.05, 0.1) is 0 Å². The van der Waals surface area contributed by atoms with Crippen molar-refractivity contribution >= 4 is 0 Å². The quantitative estimate of drug-likeness (QED) is 0.938. The number of hydrogen-bond donors (Lipinski definition) is 1. The summed E-state index contributed by atoms with van der Waals surface area (Å²) in [6.45, 7) is 2.14. The highest BCUT2D eigenvalue weighted by Gasteiger charge is 2.30. The van der Waals surface area contributed by atoms with Crippen molar-refractivity contribution in [2.24, 2.45) is 5.73 Å². The number of nitrogens with two attached hydrogens (primary N) is 1. The van der Waals surface area contributed by atoms with Crippen LogP contribution in [0.25, 0.3) is 0 Å². The van der Waals surface area contributed by atoms with Crippen LogP contribution in [0.1, 0.15) is 11.3 Å². The van der Waals surface area contributed by atoms with E-state index in [-0.39, 0.29) is 5.75 Å². The summed E-state index contributed by atoms with van der Waals surface area (Å²) in [4.78, 5) is 4.17. The average Bonchev–Trinajstić information content (AvgIpc) is 2.38. The topological polar surface area (TPSA) is 57.4 Å². The van der Waals surface area contributed by atoms with Gasteiger partial charge in [-0.05, 0) is 42.8 Å². The van der Waals surface area contributed by atoms with E-state index in [1.807, 2.05) is 6.07 Å². The molecule has 0 bridgehead atoms. The zero-order valence-corrected chi connectivity index (χ0v) is 11.1. The number of hydrogen-bond acceptors (Lipinski definition) is 4. The molecule has 0 saturated heterocycles. The van der Waals surface area contributed by atoms with Gasteiger partial charge in [-0.2, -0.15) is 0 Å². The fourth-order valence-electron chi connectivity index (χ4n) is 1.71. The molecular formula is C14H13F3N2O2. The second-order valence-corrected chi connectivity index (χ2v) is 4.28. The molecule has 0 atom stereocenters. The van der Waals surface area contributed by atoms with Gasteiger partial charge < -0.3 is 15.2 Å². The van der Waals surface area contributed by atoms with E-state index in [9.17, 15) is 13.2 Å². The summed E-state index contributed by atoms with van der Waals surface area (Å²) in [6, 6.07) is 8.57. The van der Waals surface area contributed by atoms with Gasteiger partial charge in [-0.15, -0.1) is 13.2 Å². The first kappa shape index (κ1) is 15.1. The number of aryl methyl sites for hydroxylation is 1. The number of rotatable bonds is 4. The third-order valence-corrected chi connectivity index (χ3v) is 2.51. The molecule has 21 heavy (non-hydrogen) atoms. The minimum atomic E-state index is -4.71. The Kier molecular flexibility index (Phi) is 4.32. The van der Waals surface area contributed by atoms with Crippen LogP contribution < -0.4 is 15.2 Å². The highest BCUT2D eigenvalue weighted by atomic mass is 19.4. The fraction of sp³-hybridized carbons (Fsp3) is 0.214. The molecule has 0 aliphatic heterocycles. The number of ether oxygens (including phenoxy) is 2. The lowest BCUT2D eigenvalue weighted by molar-refractivity contribution is -0.274. The Morgan fingerprint density at radius 2 is 1.71 bits per heavy atom. The van der Waals surface area contributed by atoms with Crippen molar-refractivity contribution in [1.82, 2.24) is 4.98 Å². The normalized spacial score (nSPS) is 11.3. The summed E-state index contributed by atoms with van der Waals surface area (Å²) < 4.78 is 45.4. The van der Waals surface area contributed by atoms with E-state index in [1.165, 1.54) is 24.3 Å². The second-order valence-electron chi connectivity index (χ2n) is 4.28. The van der Waals surface area contributed by atoms with Crippen LogP contribution in [0, 0.1) is 6.92 Å². The van der Waals surface area contributed by atoms with Crippen molar-refractivity contribution in [2.75, 3.05) is 0 Å². The van der Waals surface area contributed by atoms with E-state index >= 15 is 0 Å². The zero-order chi connectivity index (χ0) is 15.5. The fourth-order valence-corrected chi connectivity index (χ4v) is 1.71. The van der Waals surface area contributed by atoms with Crippen LogP contribution in [-0.4, -0.2) is 11.3 Å². The summed E-state index contributed by atoms with van der Waals surface area (Å²) in [7, 11) is 0. The molecule has 2 rings (SSSR count). The monoisotopic (exact) mass is 298 g/mol. The largest absolute Gasteiger partial charge is 0.573 e. The maximum atomic E-state index is 12.0. The van der Waals surface area contributed by atoms with Gasteiger partial charge in [-0.1, -0.05) is 0 Å². The molecule has 1 heterocycles. The summed E-state index contributed by atoms with van der Waals surface area (Å²) in [5, 5.41) is 0. The first-order valence-electron chi connectivity index (χ1n) is 6.07. The van der Waals surface area contributed by atoms with Crippen molar-refractivity contribution < 1.29 is 22.6 Å². The van der Waals surface area contributed by atoms with Crippen LogP contribution in [0.4, 0.5) is 13.2 Å². The number of nitrogens with zero attached hydrogens (tertiary/aromatic N) is 1. The molecule has 0 amide bonds. The number of benzene rings is 1. The molecule has 0 fully saturated rings. The molecule has 7 heteroatoms. The Hall–Kier alpha value is -2.28. The van der Waals surface area contributed by atoms with E-state index in [1.54, 1.807) is 13.0 Å². The van der Waals surface area contributed by atoms with Crippen LogP contribution in [0.5, 0.6) is 17.4 Å². The van der Waals surface area contributed by atoms with Gasteiger partial charge in [-0.25, -0.2) is 4.98 Å². The smallest absolute Gasteiger partial charge is 0.439 e. The van der Waals surface area contributed by atoms with Crippen molar-refractivity contribution in [2.45, 2.75) is 19.8 Å². The Bertz CT molecular complexity index is 613. The van der Waals surface area contributed by atoms with Crippen molar-refractivity contribution in [3.8, 4) is 17.4 Å². The summed E-state index contributed by atoms with van der Waals surface area (Å²) in [5.41, 5.74) is 7.15. The van der Waals surface area contributed by atoms with Gasteiger partial charge in [0.25, 0.3) is 0 Å². The Labute approximate surface area is 119 Å². The van der Waals surface area contributed by atoms with Crippen LogP contribution >= 0.6 is 0 Å². The summed E-state index contributed by atoms with van der Waals surface area (Å²) in [6.07, 6.45) is -4.71. The third-order valence-electron chi connectivity index (χ3n) is 2.51. The van der Waals surface area contributed by atoms with Gasteiger partial charge in [0.1, 0.15) is 11.5 Å². The van der Waals surface area contributed by atoms with Crippen molar-refractivity contribution in [1.29, 1.82) is 0 Å². The van der Waals surface area contributed by atoms with Gasteiger partial charge in [0, 0.05) is 18.3 Å². The van der Waals surface area contributed by atoms with Crippen LogP contribution in [0.15, 0.2) is 36.4 Å². The van der Waals surface area contributed by atoms with Gasteiger partial charge in [0.2, 0.25) is 5.88 Å². The Balaban J connectivity index is 2.11. The van der Waals surface area contributed by atoms with Crippen LogP contribution in [-0.2, 0) is 6.54 Å². The van der Waals surface area contributed by atoms with Gasteiger partial charge in [0.15, 0.2) is 0 Å². The van der Waals surface area contributed by atoms with Gasteiger partial charge >= 0.3 is 6.36 Å². The molecule has 0 unspecified atom stereocenters. The van der Waals surface area contributed by atoms with Crippen LogP contribution in [0.2, 0.25) is 0 Å². The predicted octanol–water partition coefficient (Wildman–Crippen LogP) is 3.54. The first-order valence-corrected chi connectivity index (χ1v) is 6.07. The van der Waals surface area contributed by atoms with E-state index in [0.29, 0.717) is 18.2 Å².